The lowest BCUT2D eigenvalue weighted by Gasteiger charge is -2.17. The van der Waals surface area contributed by atoms with Crippen LogP contribution in [0.25, 0.3) is 0 Å². The average molecular weight is 282 g/mol. The molecule has 2 heterocycles. The molecule has 4 nitrogen and oxygen atoms in total. The molecule has 21 heavy (non-hydrogen) atoms. The molecule has 110 valence electrons. The molecule has 0 radical (unpaired) electrons. The fraction of sp³-hybridized carbons (Fsp3) is 0.412. The minimum Gasteiger partial charge on any atom is -0.364 e. The number of hydrogen-bond donors (Lipinski definition) is 1. The van der Waals surface area contributed by atoms with Gasteiger partial charge in [-0.05, 0) is 30.5 Å². The normalized spacial score (nSPS) is 22.4. The Morgan fingerprint density at radius 3 is 2.62 bits per heavy atom. The lowest BCUT2D eigenvalue weighted by molar-refractivity contribution is 0.319. The van der Waals surface area contributed by atoms with Crippen LogP contribution in [0.3, 0.4) is 0 Å². The standard InChI is InChI=1S/C17H22N4/c1-13-10-21(11-15-6-4-3-5-7-15)12-16(13)18-17-9-8-14(2)19-20-17/h3-9,13,16H,10-12H2,1-2H3,(H,18,20). The molecule has 0 amide bonds. The lowest BCUT2D eigenvalue weighted by Crippen LogP contribution is -2.28. The molecule has 0 spiro atoms. The highest BCUT2D eigenvalue weighted by molar-refractivity contribution is 5.35. The molecule has 2 unspecified atom stereocenters. The predicted molar refractivity (Wildman–Crippen MR) is 85.1 cm³/mol. The summed E-state index contributed by atoms with van der Waals surface area (Å²) in [5, 5.41) is 11.8. The molecule has 1 aliphatic rings. The van der Waals surface area contributed by atoms with Crippen molar-refractivity contribution in [3.63, 3.8) is 0 Å². The maximum absolute atomic E-state index is 4.21. The first kappa shape index (κ1) is 14.0. The lowest BCUT2D eigenvalue weighted by atomic mass is 10.1. The number of hydrogen-bond acceptors (Lipinski definition) is 4. The first-order valence-electron chi connectivity index (χ1n) is 7.54. The minimum absolute atomic E-state index is 0.436. The van der Waals surface area contributed by atoms with Crippen LogP contribution < -0.4 is 5.32 Å². The van der Waals surface area contributed by atoms with Crippen LogP contribution in [0.1, 0.15) is 18.2 Å². The largest absolute Gasteiger partial charge is 0.364 e. The molecular formula is C17H22N4. The molecule has 2 atom stereocenters. The van der Waals surface area contributed by atoms with E-state index in [-0.39, 0.29) is 0 Å². The number of rotatable bonds is 4. The van der Waals surface area contributed by atoms with Crippen LogP contribution >= 0.6 is 0 Å². The Morgan fingerprint density at radius 2 is 1.90 bits per heavy atom. The zero-order chi connectivity index (χ0) is 14.7. The van der Waals surface area contributed by atoms with Crippen LogP contribution in [0, 0.1) is 12.8 Å². The third kappa shape index (κ3) is 3.58. The molecule has 0 bridgehead atoms. The summed E-state index contributed by atoms with van der Waals surface area (Å²) in [6.45, 7) is 7.43. The maximum Gasteiger partial charge on any atom is 0.148 e. The van der Waals surface area contributed by atoms with Crippen LogP contribution in [0.5, 0.6) is 0 Å². The van der Waals surface area contributed by atoms with Gasteiger partial charge in [-0.15, -0.1) is 5.10 Å². The van der Waals surface area contributed by atoms with E-state index >= 15 is 0 Å². The van der Waals surface area contributed by atoms with Crippen molar-refractivity contribution in [1.29, 1.82) is 0 Å². The zero-order valence-electron chi connectivity index (χ0n) is 12.7. The van der Waals surface area contributed by atoms with E-state index in [4.69, 9.17) is 0 Å². The monoisotopic (exact) mass is 282 g/mol. The van der Waals surface area contributed by atoms with Crippen LogP contribution in [0.2, 0.25) is 0 Å². The molecule has 3 rings (SSSR count). The topological polar surface area (TPSA) is 41.0 Å². The number of anilines is 1. The van der Waals surface area contributed by atoms with Gasteiger partial charge in [0.1, 0.15) is 5.82 Å². The van der Waals surface area contributed by atoms with Gasteiger partial charge in [0.25, 0.3) is 0 Å². The summed E-state index contributed by atoms with van der Waals surface area (Å²) in [5.41, 5.74) is 2.33. The van der Waals surface area contributed by atoms with Crippen molar-refractivity contribution < 1.29 is 0 Å². The highest BCUT2D eigenvalue weighted by Gasteiger charge is 2.29. The SMILES string of the molecule is Cc1ccc(NC2CN(Cc3ccccc3)CC2C)nn1. The van der Waals surface area contributed by atoms with Gasteiger partial charge in [0.2, 0.25) is 0 Å². The zero-order valence-corrected chi connectivity index (χ0v) is 12.7. The molecule has 2 aromatic rings. The molecule has 1 fully saturated rings. The quantitative estimate of drug-likeness (QED) is 0.936. The second kappa shape index (κ2) is 6.22. The van der Waals surface area contributed by atoms with Crippen molar-refractivity contribution >= 4 is 5.82 Å². The summed E-state index contributed by atoms with van der Waals surface area (Å²) in [4.78, 5) is 2.50. The molecule has 4 heteroatoms. The first-order chi connectivity index (χ1) is 10.2. The van der Waals surface area contributed by atoms with Crippen LogP contribution in [0.4, 0.5) is 5.82 Å². The molecule has 1 aromatic heterocycles. The maximum atomic E-state index is 4.21. The van der Waals surface area contributed by atoms with Gasteiger partial charge in [-0.1, -0.05) is 37.3 Å². The third-order valence-electron chi connectivity index (χ3n) is 4.07. The molecular weight excluding hydrogens is 260 g/mol. The van der Waals surface area contributed by atoms with Crippen LogP contribution in [-0.2, 0) is 6.54 Å². The van der Waals surface area contributed by atoms with Gasteiger partial charge in [0.05, 0.1) is 5.69 Å². The van der Waals surface area contributed by atoms with Crippen molar-refractivity contribution in [1.82, 2.24) is 15.1 Å². The molecule has 0 saturated carbocycles. The van der Waals surface area contributed by atoms with Gasteiger partial charge in [0, 0.05) is 25.7 Å². The first-order valence-corrected chi connectivity index (χ1v) is 7.54. The van der Waals surface area contributed by atoms with Crippen LogP contribution in [-0.4, -0.2) is 34.2 Å². The van der Waals surface area contributed by atoms with Crippen molar-refractivity contribution in [2.24, 2.45) is 5.92 Å². The van der Waals surface area contributed by atoms with E-state index in [0.29, 0.717) is 12.0 Å². The Labute approximate surface area is 126 Å². The van der Waals surface area contributed by atoms with E-state index in [1.807, 2.05) is 19.1 Å². The van der Waals surface area contributed by atoms with Crippen molar-refractivity contribution in [3.8, 4) is 0 Å². The highest BCUT2D eigenvalue weighted by atomic mass is 15.2. The van der Waals surface area contributed by atoms with Gasteiger partial charge in [-0.25, -0.2) is 0 Å². The van der Waals surface area contributed by atoms with Crippen molar-refractivity contribution in [2.75, 3.05) is 18.4 Å². The van der Waals surface area contributed by atoms with E-state index < -0.39 is 0 Å². The molecule has 1 aromatic carbocycles. The Bertz CT molecular complexity index is 567. The number of benzene rings is 1. The Hall–Kier alpha value is -1.94. The van der Waals surface area contributed by atoms with Gasteiger partial charge in [-0.3, -0.25) is 4.90 Å². The summed E-state index contributed by atoms with van der Waals surface area (Å²) in [5.74, 6) is 1.48. The number of aryl methyl sites for hydroxylation is 1. The third-order valence-corrected chi connectivity index (χ3v) is 4.07. The van der Waals surface area contributed by atoms with Gasteiger partial charge >= 0.3 is 0 Å². The van der Waals surface area contributed by atoms with E-state index in [2.05, 4.69) is 57.7 Å². The fourth-order valence-corrected chi connectivity index (χ4v) is 2.89. The minimum atomic E-state index is 0.436. The van der Waals surface area contributed by atoms with E-state index in [9.17, 15) is 0 Å². The average Bonchev–Trinajstić information content (AvgIpc) is 2.82. The Kier molecular flexibility index (Phi) is 4.15. The highest BCUT2D eigenvalue weighted by Crippen LogP contribution is 2.21. The Morgan fingerprint density at radius 1 is 1.10 bits per heavy atom. The fourth-order valence-electron chi connectivity index (χ4n) is 2.89. The van der Waals surface area contributed by atoms with Crippen molar-refractivity contribution in [2.45, 2.75) is 26.4 Å². The smallest absolute Gasteiger partial charge is 0.148 e. The van der Waals surface area contributed by atoms with Gasteiger partial charge in [0.15, 0.2) is 0 Å². The molecule has 1 aliphatic heterocycles. The molecule has 0 aliphatic carbocycles. The van der Waals surface area contributed by atoms with Crippen LogP contribution in [0.15, 0.2) is 42.5 Å². The van der Waals surface area contributed by atoms with Gasteiger partial charge < -0.3 is 5.32 Å². The van der Waals surface area contributed by atoms with E-state index in [1.54, 1.807) is 0 Å². The molecule has 1 N–H and O–H groups in total. The second-order valence-corrected chi connectivity index (χ2v) is 5.97. The summed E-state index contributed by atoms with van der Waals surface area (Å²) in [6, 6.07) is 15.1. The molecule has 1 saturated heterocycles. The van der Waals surface area contributed by atoms with Gasteiger partial charge in [-0.2, -0.15) is 5.10 Å². The number of aromatic nitrogens is 2. The summed E-state index contributed by atoms with van der Waals surface area (Å²) >= 11 is 0. The Balaban J connectivity index is 1.59. The number of nitrogens with one attached hydrogen (secondary N) is 1. The second-order valence-electron chi connectivity index (χ2n) is 5.97. The van der Waals surface area contributed by atoms with E-state index in [1.165, 1.54) is 5.56 Å². The summed E-state index contributed by atoms with van der Waals surface area (Å²) in [6.07, 6.45) is 0. The number of likely N-dealkylation sites (tertiary alicyclic amines) is 1. The van der Waals surface area contributed by atoms with E-state index in [0.717, 1.165) is 31.1 Å². The summed E-state index contributed by atoms with van der Waals surface area (Å²) in [7, 11) is 0. The van der Waals surface area contributed by atoms with Crippen molar-refractivity contribution in [3.05, 3.63) is 53.7 Å². The summed E-state index contributed by atoms with van der Waals surface area (Å²) < 4.78 is 0. The number of nitrogens with zero attached hydrogens (tertiary/aromatic N) is 3. The predicted octanol–water partition coefficient (Wildman–Crippen LogP) is 2.72.